The number of imidazole rings is 1. The van der Waals surface area contributed by atoms with Gasteiger partial charge in [-0.3, -0.25) is 9.20 Å². The third kappa shape index (κ3) is 3.85. The number of carbonyl (C=O) groups excluding carboxylic acids is 1. The third-order valence-corrected chi connectivity index (χ3v) is 4.54. The molecule has 2 aromatic heterocycles. The minimum Gasteiger partial charge on any atom is -0.348 e. The largest absolute Gasteiger partial charge is 0.431 e. The molecule has 0 saturated carbocycles. The fraction of sp³-hybridized carbons (Fsp3) is 0.556. The Hall–Kier alpha value is -2.09. The van der Waals surface area contributed by atoms with Crippen LogP contribution in [0.15, 0.2) is 24.4 Å². The number of fused-ring (bicyclic) bond motifs is 1. The van der Waals surface area contributed by atoms with Gasteiger partial charge in [0.25, 0.3) is 5.91 Å². The summed E-state index contributed by atoms with van der Waals surface area (Å²) in [6.07, 6.45) is -1.92. The molecule has 2 N–H and O–H groups in total. The molecule has 1 aliphatic rings. The number of aromatic nitrogens is 2. The van der Waals surface area contributed by atoms with Gasteiger partial charge in [-0.2, -0.15) is 13.2 Å². The van der Waals surface area contributed by atoms with Crippen molar-refractivity contribution < 1.29 is 18.0 Å². The average Bonchev–Trinajstić information content (AvgIpc) is 2.86. The number of amides is 1. The first-order chi connectivity index (χ1) is 11.9. The summed E-state index contributed by atoms with van der Waals surface area (Å²) >= 11 is 0. The molecule has 8 heteroatoms. The van der Waals surface area contributed by atoms with E-state index in [4.69, 9.17) is 0 Å². The SMILES string of the molecule is CC1(C)CC(NC(=O)c2cn3c(C(F)(F)F)cccc3n2)CC(C)(C)N1. The Morgan fingerprint density at radius 3 is 2.42 bits per heavy atom. The van der Waals surface area contributed by atoms with Crippen LogP contribution in [0, 0.1) is 0 Å². The van der Waals surface area contributed by atoms with Crippen molar-refractivity contribution in [2.75, 3.05) is 0 Å². The lowest BCUT2D eigenvalue weighted by Crippen LogP contribution is -2.62. The molecular weight excluding hydrogens is 345 g/mol. The third-order valence-electron chi connectivity index (χ3n) is 4.54. The van der Waals surface area contributed by atoms with Crippen molar-refractivity contribution in [3.05, 3.63) is 35.8 Å². The van der Waals surface area contributed by atoms with E-state index < -0.39 is 17.8 Å². The van der Waals surface area contributed by atoms with E-state index in [0.717, 1.165) is 29.5 Å². The lowest BCUT2D eigenvalue weighted by molar-refractivity contribution is -0.142. The van der Waals surface area contributed by atoms with Gasteiger partial charge in [-0.1, -0.05) is 6.07 Å². The van der Waals surface area contributed by atoms with Crippen molar-refractivity contribution in [3.63, 3.8) is 0 Å². The maximum atomic E-state index is 13.1. The van der Waals surface area contributed by atoms with E-state index in [1.165, 1.54) is 12.1 Å². The lowest BCUT2D eigenvalue weighted by atomic mass is 9.79. The number of hydrogen-bond acceptors (Lipinski definition) is 3. The van der Waals surface area contributed by atoms with Crippen LogP contribution in [0.25, 0.3) is 5.65 Å². The van der Waals surface area contributed by atoms with E-state index in [1.54, 1.807) is 0 Å². The molecule has 1 saturated heterocycles. The zero-order chi connectivity index (χ0) is 19.3. The highest BCUT2D eigenvalue weighted by Crippen LogP contribution is 2.30. The van der Waals surface area contributed by atoms with Gasteiger partial charge in [0.05, 0.1) is 0 Å². The summed E-state index contributed by atoms with van der Waals surface area (Å²) in [5.41, 5.74) is -1.08. The highest BCUT2D eigenvalue weighted by atomic mass is 19.4. The molecule has 0 aliphatic carbocycles. The average molecular weight is 368 g/mol. The van der Waals surface area contributed by atoms with E-state index >= 15 is 0 Å². The first-order valence-corrected chi connectivity index (χ1v) is 8.52. The zero-order valence-corrected chi connectivity index (χ0v) is 15.2. The second kappa shape index (κ2) is 5.97. The number of piperidine rings is 1. The molecule has 0 atom stereocenters. The van der Waals surface area contributed by atoms with Crippen LogP contribution < -0.4 is 10.6 Å². The summed E-state index contributed by atoms with van der Waals surface area (Å²) < 4.78 is 40.3. The van der Waals surface area contributed by atoms with Crippen molar-refractivity contribution in [2.45, 2.75) is 63.8 Å². The fourth-order valence-electron chi connectivity index (χ4n) is 4.03. The molecule has 3 heterocycles. The van der Waals surface area contributed by atoms with Crippen molar-refractivity contribution >= 4 is 11.6 Å². The Labute approximate surface area is 150 Å². The van der Waals surface area contributed by atoms with Gasteiger partial charge in [0.15, 0.2) is 0 Å². The number of carbonyl (C=O) groups is 1. The van der Waals surface area contributed by atoms with Crippen LogP contribution in [-0.2, 0) is 6.18 Å². The number of rotatable bonds is 2. The van der Waals surface area contributed by atoms with E-state index in [-0.39, 0.29) is 28.5 Å². The molecule has 2 aromatic rings. The van der Waals surface area contributed by atoms with E-state index in [0.29, 0.717) is 0 Å². The number of pyridine rings is 1. The topological polar surface area (TPSA) is 58.4 Å². The molecule has 1 amide bonds. The van der Waals surface area contributed by atoms with E-state index in [9.17, 15) is 18.0 Å². The molecule has 1 fully saturated rings. The highest BCUT2D eigenvalue weighted by Gasteiger charge is 2.38. The second-order valence-corrected chi connectivity index (χ2v) is 8.23. The van der Waals surface area contributed by atoms with Crippen LogP contribution in [-0.4, -0.2) is 32.4 Å². The van der Waals surface area contributed by atoms with E-state index in [1.807, 2.05) is 0 Å². The van der Waals surface area contributed by atoms with Crippen LogP contribution in [0.3, 0.4) is 0 Å². The first-order valence-electron chi connectivity index (χ1n) is 8.52. The van der Waals surface area contributed by atoms with Gasteiger partial charge in [0, 0.05) is 23.3 Å². The summed E-state index contributed by atoms with van der Waals surface area (Å²) in [5.74, 6) is -0.458. The smallest absolute Gasteiger partial charge is 0.348 e. The van der Waals surface area contributed by atoms with E-state index in [2.05, 4.69) is 43.3 Å². The van der Waals surface area contributed by atoms with Crippen molar-refractivity contribution in [3.8, 4) is 0 Å². The summed E-state index contributed by atoms with van der Waals surface area (Å²) in [5, 5.41) is 6.45. The maximum Gasteiger partial charge on any atom is 0.431 e. The Kier molecular flexibility index (Phi) is 4.29. The Bertz CT molecular complexity index is 823. The molecule has 26 heavy (non-hydrogen) atoms. The van der Waals surface area contributed by atoms with Crippen LogP contribution in [0.5, 0.6) is 0 Å². The van der Waals surface area contributed by atoms with Gasteiger partial charge in [-0.05, 0) is 52.7 Å². The van der Waals surface area contributed by atoms with Gasteiger partial charge in [-0.25, -0.2) is 4.98 Å². The second-order valence-electron chi connectivity index (χ2n) is 8.23. The number of halogens is 3. The zero-order valence-electron chi connectivity index (χ0n) is 15.2. The molecular formula is C18H23F3N4O. The quantitative estimate of drug-likeness (QED) is 0.854. The molecule has 3 rings (SSSR count). The van der Waals surface area contributed by atoms with Crippen molar-refractivity contribution in [1.29, 1.82) is 0 Å². The number of hydrogen-bond donors (Lipinski definition) is 2. The predicted molar refractivity (Wildman–Crippen MR) is 92.0 cm³/mol. The van der Waals surface area contributed by atoms with Crippen LogP contribution >= 0.6 is 0 Å². The fourth-order valence-corrected chi connectivity index (χ4v) is 4.03. The molecule has 0 aromatic carbocycles. The maximum absolute atomic E-state index is 13.1. The Morgan fingerprint density at radius 1 is 1.23 bits per heavy atom. The Balaban J connectivity index is 1.85. The molecule has 0 unspecified atom stereocenters. The Morgan fingerprint density at radius 2 is 1.85 bits per heavy atom. The van der Waals surface area contributed by atoms with Gasteiger partial charge in [-0.15, -0.1) is 0 Å². The standard InChI is InChI=1S/C18H23F3N4O/c1-16(2)8-11(9-17(3,4)24-16)22-15(26)12-10-25-13(18(19,20)21)6-5-7-14(25)23-12/h5-7,10-11,24H,8-9H2,1-4H3,(H,22,26). The summed E-state index contributed by atoms with van der Waals surface area (Å²) in [6, 6.07) is 3.61. The monoisotopic (exact) mass is 368 g/mol. The van der Waals surface area contributed by atoms with Crippen molar-refractivity contribution in [2.24, 2.45) is 0 Å². The van der Waals surface area contributed by atoms with Gasteiger partial charge < -0.3 is 10.6 Å². The summed E-state index contributed by atoms with van der Waals surface area (Å²) in [4.78, 5) is 16.6. The minimum absolute atomic E-state index is 0.0177. The normalized spacial score (nSPS) is 20.3. The number of nitrogens with one attached hydrogen (secondary N) is 2. The molecule has 5 nitrogen and oxygen atoms in total. The number of nitrogens with zero attached hydrogens (tertiary/aromatic N) is 2. The lowest BCUT2D eigenvalue weighted by Gasteiger charge is -2.46. The summed E-state index contributed by atoms with van der Waals surface area (Å²) in [7, 11) is 0. The van der Waals surface area contributed by atoms with Crippen LogP contribution in [0.4, 0.5) is 13.2 Å². The van der Waals surface area contributed by atoms with Crippen LogP contribution in [0.1, 0.15) is 56.7 Å². The molecule has 0 bridgehead atoms. The van der Waals surface area contributed by atoms with Crippen molar-refractivity contribution in [1.82, 2.24) is 20.0 Å². The molecule has 0 radical (unpaired) electrons. The minimum atomic E-state index is -4.52. The van der Waals surface area contributed by atoms with Gasteiger partial charge in [0.1, 0.15) is 17.0 Å². The van der Waals surface area contributed by atoms with Gasteiger partial charge >= 0.3 is 6.18 Å². The van der Waals surface area contributed by atoms with Crippen LogP contribution in [0.2, 0.25) is 0 Å². The van der Waals surface area contributed by atoms with Gasteiger partial charge in [0.2, 0.25) is 0 Å². The number of alkyl halides is 3. The molecule has 142 valence electrons. The highest BCUT2D eigenvalue weighted by molar-refractivity contribution is 5.93. The summed E-state index contributed by atoms with van der Waals surface area (Å²) in [6.45, 7) is 8.25. The first kappa shape index (κ1) is 18.7. The molecule has 1 aliphatic heterocycles. The molecule has 0 spiro atoms. The predicted octanol–water partition coefficient (Wildman–Crippen LogP) is 3.39.